The van der Waals surface area contributed by atoms with Gasteiger partial charge in [-0.05, 0) is 44.1 Å². The Balaban J connectivity index is 1.81. The topological polar surface area (TPSA) is 15.3 Å². The van der Waals surface area contributed by atoms with Crippen LogP contribution < -0.4 is 5.32 Å². The number of halogens is 2. The standard InChI is InChI=1S/C14H20BrClN2/c1-18-7-3-2-4-13(18)10-17-9-11-5-6-12(16)8-14(11)15/h5-6,8,13,17H,2-4,7,9-10H2,1H3. The van der Waals surface area contributed by atoms with Crippen LogP contribution in [0.5, 0.6) is 0 Å². The maximum absolute atomic E-state index is 5.93. The fourth-order valence-electron chi connectivity index (χ4n) is 2.44. The van der Waals surface area contributed by atoms with Crippen LogP contribution in [0.2, 0.25) is 5.02 Å². The molecule has 0 saturated carbocycles. The van der Waals surface area contributed by atoms with E-state index < -0.39 is 0 Å². The van der Waals surface area contributed by atoms with Crippen molar-refractivity contribution in [2.45, 2.75) is 31.8 Å². The summed E-state index contributed by atoms with van der Waals surface area (Å²) in [5.74, 6) is 0. The highest BCUT2D eigenvalue weighted by Gasteiger charge is 2.17. The third-order valence-electron chi connectivity index (χ3n) is 3.63. The zero-order chi connectivity index (χ0) is 13.0. The van der Waals surface area contributed by atoms with E-state index in [0.29, 0.717) is 6.04 Å². The Labute approximate surface area is 123 Å². The number of hydrogen-bond donors (Lipinski definition) is 1. The lowest BCUT2D eigenvalue weighted by molar-refractivity contribution is 0.181. The van der Waals surface area contributed by atoms with Crippen LogP contribution in [0.25, 0.3) is 0 Å². The molecule has 4 heteroatoms. The highest BCUT2D eigenvalue weighted by atomic mass is 79.9. The van der Waals surface area contributed by atoms with Crippen molar-refractivity contribution in [3.8, 4) is 0 Å². The van der Waals surface area contributed by atoms with Gasteiger partial charge in [0.2, 0.25) is 0 Å². The van der Waals surface area contributed by atoms with Gasteiger partial charge in [0, 0.05) is 28.6 Å². The van der Waals surface area contributed by atoms with E-state index in [1.54, 1.807) is 0 Å². The van der Waals surface area contributed by atoms with E-state index in [4.69, 9.17) is 11.6 Å². The van der Waals surface area contributed by atoms with E-state index in [1.807, 2.05) is 12.1 Å². The first-order valence-electron chi connectivity index (χ1n) is 6.51. The highest BCUT2D eigenvalue weighted by Crippen LogP contribution is 2.21. The van der Waals surface area contributed by atoms with Gasteiger partial charge in [0.15, 0.2) is 0 Å². The zero-order valence-corrected chi connectivity index (χ0v) is 13.1. The lowest BCUT2D eigenvalue weighted by Crippen LogP contribution is -2.42. The molecule has 1 unspecified atom stereocenters. The molecule has 2 rings (SSSR count). The van der Waals surface area contributed by atoms with Crippen molar-refractivity contribution in [1.29, 1.82) is 0 Å². The molecule has 0 spiro atoms. The summed E-state index contributed by atoms with van der Waals surface area (Å²) in [6, 6.07) is 6.65. The Bertz CT molecular complexity index is 397. The van der Waals surface area contributed by atoms with Crippen molar-refractivity contribution in [3.05, 3.63) is 33.3 Å². The predicted molar refractivity (Wildman–Crippen MR) is 81.1 cm³/mol. The largest absolute Gasteiger partial charge is 0.311 e. The molecular formula is C14H20BrClN2. The summed E-state index contributed by atoms with van der Waals surface area (Å²) in [6.45, 7) is 3.19. The van der Waals surface area contributed by atoms with E-state index in [-0.39, 0.29) is 0 Å². The average molecular weight is 332 g/mol. The quantitative estimate of drug-likeness (QED) is 0.905. The normalized spacial score (nSPS) is 21.2. The van der Waals surface area contributed by atoms with Crippen LogP contribution in [0.4, 0.5) is 0 Å². The number of benzene rings is 1. The molecule has 1 atom stereocenters. The van der Waals surface area contributed by atoms with Crippen molar-refractivity contribution in [2.75, 3.05) is 20.1 Å². The van der Waals surface area contributed by atoms with Gasteiger partial charge in [0.1, 0.15) is 0 Å². The highest BCUT2D eigenvalue weighted by molar-refractivity contribution is 9.10. The minimum Gasteiger partial charge on any atom is -0.311 e. The summed E-state index contributed by atoms with van der Waals surface area (Å²) in [6.07, 6.45) is 4.02. The van der Waals surface area contributed by atoms with Gasteiger partial charge in [-0.1, -0.05) is 40.0 Å². The molecule has 0 bridgehead atoms. The second-order valence-electron chi connectivity index (χ2n) is 5.00. The second kappa shape index (κ2) is 6.90. The molecule has 1 aromatic carbocycles. The van der Waals surface area contributed by atoms with Gasteiger partial charge >= 0.3 is 0 Å². The van der Waals surface area contributed by atoms with Crippen LogP contribution in [0.3, 0.4) is 0 Å². The third kappa shape index (κ3) is 3.95. The second-order valence-corrected chi connectivity index (χ2v) is 6.29. The lowest BCUT2D eigenvalue weighted by atomic mass is 10.0. The summed E-state index contributed by atoms with van der Waals surface area (Å²) in [4.78, 5) is 2.47. The van der Waals surface area contributed by atoms with Gasteiger partial charge in [-0.2, -0.15) is 0 Å². The number of likely N-dealkylation sites (tertiary alicyclic amines) is 1. The zero-order valence-electron chi connectivity index (χ0n) is 10.8. The predicted octanol–water partition coefficient (Wildman–Crippen LogP) is 3.68. The average Bonchev–Trinajstić information content (AvgIpc) is 2.34. The number of piperidine rings is 1. The van der Waals surface area contributed by atoms with Crippen LogP contribution in [0.15, 0.2) is 22.7 Å². The maximum Gasteiger partial charge on any atom is 0.0417 e. The molecule has 0 aromatic heterocycles. The van der Waals surface area contributed by atoms with Crippen molar-refractivity contribution in [2.24, 2.45) is 0 Å². The minimum absolute atomic E-state index is 0.685. The smallest absolute Gasteiger partial charge is 0.0417 e. The summed E-state index contributed by atoms with van der Waals surface area (Å²) in [7, 11) is 2.23. The summed E-state index contributed by atoms with van der Waals surface area (Å²) < 4.78 is 1.08. The van der Waals surface area contributed by atoms with Crippen molar-refractivity contribution in [1.82, 2.24) is 10.2 Å². The summed E-state index contributed by atoms with van der Waals surface area (Å²) in [5, 5.41) is 4.32. The molecule has 2 nitrogen and oxygen atoms in total. The minimum atomic E-state index is 0.685. The van der Waals surface area contributed by atoms with E-state index in [1.165, 1.54) is 31.4 Å². The first-order valence-corrected chi connectivity index (χ1v) is 7.69. The van der Waals surface area contributed by atoms with Gasteiger partial charge in [0.05, 0.1) is 0 Å². The molecule has 1 N–H and O–H groups in total. The van der Waals surface area contributed by atoms with Crippen LogP contribution >= 0.6 is 27.5 Å². The Hall–Kier alpha value is -0.0900. The number of likely N-dealkylation sites (N-methyl/N-ethyl adjacent to an activating group) is 1. The Morgan fingerprint density at radius 1 is 1.44 bits per heavy atom. The monoisotopic (exact) mass is 330 g/mol. The molecule has 1 fully saturated rings. The Morgan fingerprint density at radius 3 is 3.00 bits per heavy atom. The molecular weight excluding hydrogens is 312 g/mol. The molecule has 1 aliphatic heterocycles. The first kappa shape index (κ1) is 14.3. The van der Waals surface area contributed by atoms with Gasteiger partial charge in [-0.3, -0.25) is 0 Å². The van der Waals surface area contributed by atoms with Crippen molar-refractivity contribution in [3.63, 3.8) is 0 Å². The van der Waals surface area contributed by atoms with Gasteiger partial charge in [-0.25, -0.2) is 0 Å². The van der Waals surface area contributed by atoms with Gasteiger partial charge < -0.3 is 10.2 Å². The molecule has 1 aliphatic rings. The molecule has 18 heavy (non-hydrogen) atoms. The van der Waals surface area contributed by atoms with Crippen LogP contribution in [0.1, 0.15) is 24.8 Å². The maximum atomic E-state index is 5.93. The fourth-order valence-corrected chi connectivity index (χ4v) is 3.26. The molecule has 1 aromatic rings. The number of nitrogens with zero attached hydrogens (tertiary/aromatic N) is 1. The SMILES string of the molecule is CN1CCCCC1CNCc1ccc(Cl)cc1Br. The van der Waals surface area contributed by atoms with Crippen LogP contribution in [-0.4, -0.2) is 31.1 Å². The van der Waals surface area contributed by atoms with Crippen molar-refractivity contribution < 1.29 is 0 Å². The van der Waals surface area contributed by atoms with E-state index >= 15 is 0 Å². The lowest BCUT2D eigenvalue weighted by Gasteiger charge is -2.32. The molecule has 1 heterocycles. The van der Waals surface area contributed by atoms with E-state index in [2.05, 4.69) is 39.3 Å². The Kier molecular flexibility index (Phi) is 5.49. The van der Waals surface area contributed by atoms with Crippen molar-refractivity contribution >= 4 is 27.5 Å². The molecule has 0 aliphatic carbocycles. The summed E-state index contributed by atoms with van der Waals surface area (Å²) in [5.41, 5.74) is 1.26. The first-order chi connectivity index (χ1) is 8.66. The number of hydrogen-bond acceptors (Lipinski definition) is 2. The molecule has 1 saturated heterocycles. The van der Waals surface area contributed by atoms with Crippen LogP contribution in [-0.2, 0) is 6.54 Å². The molecule has 0 amide bonds. The third-order valence-corrected chi connectivity index (χ3v) is 4.61. The van der Waals surface area contributed by atoms with Gasteiger partial charge in [0.25, 0.3) is 0 Å². The van der Waals surface area contributed by atoms with E-state index in [0.717, 1.165) is 22.6 Å². The summed E-state index contributed by atoms with van der Waals surface area (Å²) >= 11 is 9.49. The van der Waals surface area contributed by atoms with E-state index in [9.17, 15) is 0 Å². The number of nitrogens with one attached hydrogen (secondary N) is 1. The van der Waals surface area contributed by atoms with Gasteiger partial charge in [-0.15, -0.1) is 0 Å². The number of rotatable bonds is 4. The molecule has 100 valence electrons. The molecule has 0 radical (unpaired) electrons. The fraction of sp³-hybridized carbons (Fsp3) is 0.571. The van der Waals surface area contributed by atoms with Crippen LogP contribution in [0, 0.1) is 0 Å². The Morgan fingerprint density at radius 2 is 2.28 bits per heavy atom.